The maximum atomic E-state index is 13.0. The van der Waals surface area contributed by atoms with Crippen molar-refractivity contribution in [2.45, 2.75) is 72.6 Å². The molecule has 89 heavy (non-hydrogen) atoms. The van der Waals surface area contributed by atoms with Gasteiger partial charge in [-0.25, -0.2) is 9.59 Å². The van der Waals surface area contributed by atoms with Gasteiger partial charge in [0.25, 0.3) is 0 Å². The highest BCUT2D eigenvalue weighted by molar-refractivity contribution is 6.20. The van der Waals surface area contributed by atoms with E-state index in [4.69, 9.17) is 50.1 Å². The summed E-state index contributed by atoms with van der Waals surface area (Å²) in [5.74, 6) is 2.58. The summed E-state index contributed by atoms with van der Waals surface area (Å²) in [6, 6.07) is 29.5. The number of ether oxygens (including phenoxy) is 8. The summed E-state index contributed by atoms with van der Waals surface area (Å²) >= 11 is 0. The molecule has 10 N–H and O–H groups in total. The average Bonchev–Trinajstić information content (AvgIpc) is 1.83. The van der Waals surface area contributed by atoms with E-state index in [1.807, 2.05) is 42.5 Å². The molecule has 5 aliphatic heterocycles. The number of Topliss-reactive ketones (excluding diaryl/α,β-unsaturated/α-hetero) is 1. The van der Waals surface area contributed by atoms with E-state index in [1.54, 1.807) is 48.5 Å². The standard InChI is InChI=1S/C24H21NO6.C23H17NO6.C21H17NO6/c1-12(28)25-24-16-3-4-19(29)23(16)22(13-2-5-20-21(8-13)31-11-30-20)17-6-14(9-26)15(10-27)7-18(17)24;1-2-24-22-16-6-14(9-26)13(8-25)5-15(16)20(21-17(22)10-28-23(21)27)12-3-4-18-19(7-12)30-11-29-18;22-20-14-4-12(7-24)11(6-23)3-13(14)18(19-15(20)8-26-21(19)25)10-1-2-16-17(5-10)28-9-27-16/h2,5-8,26-27H,3-4,9-11H2,1H3,(H,25,28);1,3-7,24-26H,8-11H2;1-5,23-24H,6-9,22H2. The normalized spacial score (nSPS) is 14.2. The van der Waals surface area contributed by atoms with Crippen molar-refractivity contribution in [2.24, 2.45) is 0 Å². The third-order valence-corrected chi connectivity index (χ3v) is 16.7. The minimum Gasteiger partial charge on any atom is -0.457 e. The zero-order valence-corrected chi connectivity index (χ0v) is 47.6. The molecule has 21 nitrogen and oxygen atoms in total. The van der Waals surface area contributed by atoms with Gasteiger partial charge in [-0.15, -0.1) is 0 Å². The molecular formula is C68H55N3O18. The van der Waals surface area contributed by atoms with Gasteiger partial charge in [-0.1, -0.05) is 24.6 Å². The zero-order valence-electron chi connectivity index (χ0n) is 47.6. The third kappa shape index (κ3) is 9.80. The first kappa shape index (κ1) is 57.6. The van der Waals surface area contributed by atoms with Gasteiger partial charge in [-0.3, -0.25) is 9.59 Å². The summed E-state index contributed by atoms with van der Waals surface area (Å²) in [5, 5.41) is 68.8. The number of esters is 2. The van der Waals surface area contributed by atoms with Crippen molar-refractivity contribution in [2.75, 3.05) is 36.7 Å². The van der Waals surface area contributed by atoms with Crippen LogP contribution in [0, 0.1) is 12.5 Å². The van der Waals surface area contributed by atoms with Crippen LogP contribution in [0.2, 0.25) is 0 Å². The predicted molar refractivity (Wildman–Crippen MR) is 324 cm³/mol. The van der Waals surface area contributed by atoms with Crippen LogP contribution in [0.5, 0.6) is 34.5 Å². The van der Waals surface area contributed by atoms with Gasteiger partial charge in [0.1, 0.15) is 13.2 Å². The number of nitrogen functional groups attached to an aromatic ring is 1. The SMILES string of the molecule is C#CNc1c2c(c(-c3ccc4c(c3)OCO4)c3cc(CO)c(CO)cc13)C(=O)OC2.CC(=O)Nc1c2c(c(-c3ccc4c(c3)OCO4)c3cc(CO)c(CO)cc13)C(=O)CC2.Nc1c2c(c(-c3ccc4c(c3)OCO4)c3cc(CO)c(CO)cc13)C(=O)OC2. The molecule has 21 heteroatoms. The Bertz CT molecular complexity index is 4590. The molecule has 9 aromatic rings. The molecule has 450 valence electrons. The summed E-state index contributed by atoms with van der Waals surface area (Å²) in [7, 11) is 0. The largest absolute Gasteiger partial charge is 0.457 e. The maximum absolute atomic E-state index is 13.0. The molecule has 0 atom stereocenters. The van der Waals surface area contributed by atoms with Crippen LogP contribution in [0.15, 0.2) is 91.0 Å². The fourth-order valence-electron chi connectivity index (χ4n) is 12.6. The van der Waals surface area contributed by atoms with Crippen LogP contribution in [0.1, 0.15) is 94.5 Å². The van der Waals surface area contributed by atoms with Gasteiger partial charge in [0, 0.05) is 74.6 Å². The average molecular weight is 1200 g/mol. The number of aliphatic hydroxyl groups excluding tert-OH is 6. The first-order valence-electron chi connectivity index (χ1n) is 28.2. The monoisotopic (exact) mass is 1200 g/mol. The van der Waals surface area contributed by atoms with Gasteiger partial charge in [-0.05, 0) is 151 Å². The number of nitrogens with one attached hydrogen (secondary N) is 2. The lowest BCUT2D eigenvalue weighted by atomic mass is 9.87. The van der Waals surface area contributed by atoms with Crippen LogP contribution >= 0.6 is 0 Å². The number of hydrogen-bond acceptors (Lipinski definition) is 20. The maximum Gasteiger partial charge on any atom is 0.339 e. The number of aliphatic hydroxyl groups is 6. The Morgan fingerprint density at radius 1 is 0.449 bits per heavy atom. The van der Waals surface area contributed by atoms with Crippen LogP contribution in [-0.2, 0) is 73.5 Å². The van der Waals surface area contributed by atoms with E-state index in [1.165, 1.54) is 6.92 Å². The number of benzene rings is 9. The number of fused-ring (bicyclic) bond motifs is 9. The highest BCUT2D eigenvalue weighted by Crippen LogP contribution is 2.50. The fourth-order valence-corrected chi connectivity index (χ4v) is 12.6. The van der Waals surface area contributed by atoms with Crippen molar-refractivity contribution >= 4 is 73.0 Å². The number of terminal acetylenes is 1. The van der Waals surface area contributed by atoms with Crippen LogP contribution < -0.4 is 44.8 Å². The van der Waals surface area contributed by atoms with Gasteiger partial charge in [0.05, 0.1) is 62.1 Å². The summed E-state index contributed by atoms with van der Waals surface area (Å²) in [6.45, 7) is 0.570. The van der Waals surface area contributed by atoms with Crippen molar-refractivity contribution in [1.82, 2.24) is 0 Å². The Balaban J connectivity index is 0.000000123. The van der Waals surface area contributed by atoms with Crippen molar-refractivity contribution < 1.29 is 87.7 Å². The zero-order chi connectivity index (χ0) is 61.9. The Labute approximate surface area is 506 Å². The van der Waals surface area contributed by atoms with E-state index >= 15 is 0 Å². The Morgan fingerprint density at radius 2 is 0.820 bits per heavy atom. The minimum atomic E-state index is -0.448. The van der Waals surface area contributed by atoms with Crippen LogP contribution in [-0.4, -0.2) is 74.6 Å². The second kappa shape index (κ2) is 23.3. The quantitative estimate of drug-likeness (QED) is 0.0253. The third-order valence-electron chi connectivity index (χ3n) is 16.7. The van der Waals surface area contributed by atoms with Crippen LogP contribution in [0.4, 0.5) is 17.1 Å². The molecule has 0 spiro atoms. The summed E-state index contributed by atoms with van der Waals surface area (Å²) in [5.41, 5.74) is 19.2. The highest BCUT2D eigenvalue weighted by atomic mass is 16.7. The number of ketones is 1. The molecule has 0 aromatic heterocycles. The minimum absolute atomic E-state index is 0.00736. The van der Waals surface area contributed by atoms with E-state index in [2.05, 4.69) is 16.7 Å². The number of carbonyl (C=O) groups excluding carboxylic acids is 4. The Morgan fingerprint density at radius 3 is 1.25 bits per heavy atom. The number of rotatable bonds is 11. The second-order valence-electron chi connectivity index (χ2n) is 21.5. The van der Waals surface area contributed by atoms with Crippen molar-refractivity contribution in [3.8, 4) is 80.3 Å². The Hall–Kier alpha value is -10.4. The van der Waals surface area contributed by atoms with Gasteiger partial charge < -0.3 is 84.9 Å². The van der Waals surface area contributed by atoms with E-state index in [0.717, 1.165) is 44.0 Å². The Kier molecular flexibility index (Phi) is 15.1. The molecule has 0 radical (unpaired) electrons. The number of anilines is 3. The molecule has 5 heterocycles. The molecule has 0 bridgehead atoms. The van der Waals surface area contributed by atoms with Crippen molar-refractivity contribution in [1.29, 1.82) is 0 Å². The van der Waals surface area contributed by atoms with Gasteiger partial charge in [0.2, 0.25) is 26.3 Å². The molecule has 9 aromatic carbocycles. The molecule has 6 aliphatic rings. The first-order chi connectivity index (χ1) is 43.3. The summed E-state index contributed by atoms with van der Waals surface area (Å²) in [6.07, 6.45) is 6.39. The highest BCUT2D eigenvalue weighted by Gasteiger charge is 2.35. The number of nitrogens with two attached hydrogens (primary N) is 1. The van der Waals surface area contributed by atoms with E-state index in [0.29, 0.717) is 153 Å². The predicted octanol–water partition coefficient (Wildman–Crippen LogP) is 8.67. The molecule has 1 aliphatic carbocycles. The summed E-state index contributed by atoms with van der Waals surface area (Å²) in [4.78, 5) is 50.2. The number of amides is 1. The van der Waals surface area contributed by atoms with E-state index in [9.17, 15) is 49.8 Å². The van der Waals surface area contributed by atoms with Crippen molar-refractivity contribution in [3.63, 3.8) is 0 Å². The van der Waals surface area contributed by atoms with Crippen LogP contribution in [0.3, 0.4) is 0 Å². The molecule has 0 saturated carbocycles. The number of hydrogen-bond donors (Lipinski definition) is 9. The fraction of sp³-hybridized carbons (Fsp3) is 0.206. The van der Waals surface area contributed by atoms with Gasteiger partial charge >= 0.3 is 11.9 Å². The lowest BCUT2D eigenvalue weighted by Gasteiger charge is -2.20. The first-order valence-corrected chi connectivity index (χ1v) is 28.2. The summed E-state index contributed by atoms with van der Waals surface area (Å²) < 4.78 is 43.4. The number of carbonyl (C=O) groups is 4. The van der Waals surface area contributed by atoms with Crippen LogP contribution in [0.25, 0.3) is 65.7 Å². The van der Waals surface area contributed by atoms with Gasteiger partial charge in [-0.2, -0.15) is 0 Å². The molecule has 0 saturated heterocycles. The second-order valence-corrected chi connectivity index (χ2v) is 21.5. The van der Waals surface area contributed by atoms with E-state index in [-0.39, 0.29) is 84.9 Å². The van der Waals surface area contributed by atoms with E-state index < -0.39 is 11.9 Å². The number of cyclic esters (lactones) is 2. The molecule has 1 amide bonds. The molecule has 0 fully saturated rings. The smallest absolute Gasteiger partial charge is 0.339 e. The van der Waals surface area contributed by atoms with Gasteiger partial charge in [0.15, 0.2) is 40.3 Å². The molecule has 15 rings (SSSR count). The van der Waals surface area contributed by atoms with Crippen molar-refractivity contribution in [3.05, 3.63) is 158 Å². The topological polar surface area (TPSA) is 314 Å². The lowest BCUT2D eigenvalue weighted by Crippen LogP contribution is -2.11. The molecular weight excluding hydrogens is 1150 g/mol. The lowest BCUT2D eigenvalue weighted by molar-refractivity contribution is -0.114. The molecule has 0 unspecified atom stereocenters.